The third-order valence-electron chi connectivity index (χ3n) is 5.93. The SMILES string of the molecule is CNCc1c(OCC2CC2)ccc2c(CCC3CCN(C)CC3)noc12. The van der Waals surface area contributed by atoms with Crippen molar-refractivity contribution >= 4 is 11.0 Å². The Hall–Kier alpha value is -1.59. The summed E-state index contributed by atoms with van der Waals surface area (Å²) in [6.07, 6.45) is 7.41. The van der Waals surface area contributed by atoms with Gasteiger partial charge in [-0.3, -0.25) is 0 Å². The van der Waals surface area contributed by atoms with Crippen LogP contribution in [0.3, 0.4) is 0 Å². The molecule has 2 aliphatic rings. The Labute approximate surface area is 156 Å². The molecule has 0 unspecified atom stereocenters. The van der Waals surface area contributed by atoms with Gasteiger partial charge in [0.2, 0.25) is 0 Å². The maximum absolute atomic E-state index is 6.06. The van der Waals surface area contributed by atoms with Crippen molar-refractivity contribution in [3.8, 4) is 5.75 Å². The predicted octanol–water partition coefficient (Wildman–Crippen LogP) is 3.61. The normalized spacial score (nSPS) is 19.3. The lowest BCUT2D eigenvalue weighted by Gasteiger charge is -2.28. The van der Waals surface area contributed by atoms with E-state index in [0.717, 1.165) is 59.4 Å². The predicted molar refractivity (Wildman–Crippen MR) is 104 cm³/mol. The van der Waals surface area contributed by atoms with Crippen LogP contribution in [-0.4, -0.2) is 43.8 Å². The second-order valence-corrected chi connectivity index (χ2v) is 8.12. The Morgan fingerprint density at radius 2 is 2.00 bits per heavy atom. The van der Waals surface area contributed by atoms with Gasteiger partial charge in [-0.1, -0.05) is 5.16 Å². The van der Waals surface area contributed by atoms with Crippen LogP contribution in [0.25, 0.3) is 11.0 Å². The highest BCUT2D eigenvalue weighted by Crippen LogP contribution is 2.34. The zero-order valence-corrected chi connectivity index (χ0v) is 16.1. The molecular formula is C21H31N3O2. The molecule has 1 saturated carbocycles. The van der Waals surface area contributed by atoms with Crippen molar-refractivity contribution in [1.29, 1.82) is 0 Å². The number of nitrogens with zero attached hydrogens (tertiary/aromatic N) is 2. The number of aromatic nitrogens is 1. The summed E-state index contributed by atoms with van der Waals surface area (Å²) in [6, 6.07) is 4.24. The minimum atomic E-state index is 0.737. The number of aryl methyl sites for hydroxylation is 1. The van der Waals surface area contributed by atoms with Crippen molar-refractivity contribution in [3.05, 3.63) is 23.4 Å². The molecule has 1 aromatic heterocycles. The topological polar surface area (TPSA) is 50.5 Å². The summed E-state index contributed by atoms with van der Waals surface area (Å²) in [4.78, 5) is 2.43. The average Bonchev–Trinajstić information content (AvgIpc) is 3.39. The number of nitrogens with one attached hydrogen (secondary N) is 1. The zero-order valence-electron chi connectivity index (χ0n) is 16.1. The molecule has 0 spiro atoms. The number of hydrogen-bond acceptors (Lipinski definition) is 5. The van der Waals surface area contributed by atoms with Gasteiger partial charge < -0.3 is 19.5 Å². The fourth-order valence-electron chi connectivity index (χ4n) is 3.93. The van der Waals surface area contributed by atoms with E-state index in [0.29, 0.717) is 0 Å². The molecule has 1 aliphatic heterocycles. The van der Waals surface area contributed by atoms with Gasteiger partial charge in [-0.05, 0) is 89.7 Å². The van der Waals surface area contributed by atoms with Crippen LogP contribution >= 0.6 is 0 Å². The van der Waals surface area contributed by atoms with Crippen LogP contribution in [0, 0.1) is 11.8 Å². The third-order valence-corrected chi connectivity index (χ3v) is 5.93. The number of piperidine rings is 1. The molecule has 0 radical (unpaired) electrons. The summed E-state index contributed by atoms with van der Waals surface area (Å²) in [6.45, 7) is 4.00. The number of likely N-dealkylation sites (tertiary alicyclic amines) is 1. The number of fused-ring (bicyclic) bond motifs is 1. The second-order valence-electron chi connectivity index (χ2n) is 8.12. The summed E-state index contributed by atoms with van der Waals surface area (Å²) < 4.78 is 11.8. The van der Waals surface area contributed by atoms with Gasteiger partial charge in [0.25, 0.3) is 0 Å². The molecule has 1 aliphatic carbocycles. The largest absolute Gasteiger partial charge is 0.493 e. The van der Waals surface area contributed by atoms with Crippen molar-refractivity contribution in [2.45, 2.75) is 45.1 Å². The summed E-state index contributed by atoms with van der Waals surface area (Å²) >= 11 is 0. The molecule has 26 heavy (non-hydrogen) atoms. The molecule has 5 nitrogen and oxygen atoms in total. The highest BCUT2D eigenvalue weighted by Gasteiger charge is 2.24. The Kier molecular flexibility index (Phi) is 5.46. The van der Waals surface area contributed by atoms with E-state index in [1.165, 1.54) is 45.2 Å². The number of hydrogen-bond donors (Lipinski definition) is 1. The Balaban J connectivity index is 1.48. The fraction of sp³-hybridized carbons (Fsp3) is 0.667. The van der Waals surface area contributed by atoms with Gasteiger partial charge in [0, 0.05) is 11.9 Å². The van der Waals surface area contributed by atoms with Crippen LogP contribution in [0.4, 0.5) is 0 Å². The van der Waals surface area contributed by atoms with Gasteiger partial charge in [0.1, 0.15) is 5.75 Å². The van der Waals surface area contributed by atoms with Crippen molar-refractivity contribution in [2.75, 3.05) is 33.8 Å². The van der Waals surface area contributed by atoms with Gasteiger partial charge in [0.05, 0.1) is 17.9 Å². The number of rotatable bonds is 8. The van der Waals surface area contributed by atoms with E-state index in [2.05, 4.69) is 34.6 Å². The molecular weight excluding hydrogens is 326 g/mol. The summed E-state index contributed by atoms with van der Waals surface area (Å²) in [5.74, 6) is 2.50. The maximum atomic E-state index is 6.06. The van der Waals surface area contributed by atoms with Crippen molar-refractivity contribution in [2.24, 2.45) is 11.8 Å². The highest BCUT2D eigenvalue weighted by atomic mass is 16.5. The Morgan fingerprint density at radius 1 is 1.19 bits per heavy atom. The van der Waals surface area contributed by atoms with Gasteiger partial charge in [-0.15, -0.1) is 0 Å². The lowest BCUT2D eigenvalue weighted by Crippen LogP contribution is -2.30. The summed E-state index contributed by atoms with van der Waals surface area (Å²) in [5, 5.41) is 8.82. The van der Waals surface area contributed by atoms with E-state index in [4.69, 9.17) is 9.26 Å². The van der Waals surface area contributed by atoms with Crippen LogP contribution < -0.4 is 10.1 Å². The minimum Gasteiger partial charge on any atom is -0.493 e. The number of benzene rings is 1. The molecule has 2 fully saturated rings. The first-order valence-corrected chi connectivity index (χ1v) is 10.1. The lowest BCUT2D eigenvalue weighted by molar-refractivity contribution is 0.212. The molecule has 0 atom stereocenters. The van der Waals surface area contributed by atoms with E-state index in [-0.39, 0.29) is 0 Å². The van der Waals surface area contributed by atoms with Crippen LogP contribution in [0.5, 0.6) is 5.75 Å². The molecule has 2 heterocycles. The lowest BCUT2D eigenvalue weighted by atomic mass is 9.91. The molecule has 1 aromatic carbocycles. The smallest absolute Gasteiger partial charge is 0.175 e. The van der Waals surface area contributed by atoms with E-state index in [1.807, 2.05) is 7.05 Å². The highest BCUT2D eigenvalue weighted by molar-refractivity contribution is 5.84. The van der Waals surface area contributed by atoms with Crippen LogP contribution in [-0.2, 0) is 13.0 Å². The van der Waals surface area contributed by atoms with Gasteiger partial charge in [0.15, 0.2) is 5.58 Å². The summed E-state index contributed by atoms with van der Waals surface area (Å²) in [5.41, 5.74) is 3.10. The first kappa shape index (κ1) is 17.8. The molecule has 4 rings (SSSR count). The van der Waals surface area contributed by atoms with Crippen molar-refractivity contribution in [1.82, 2.24) is 15.4 Å². The first-order chi connectivity index (χ1) is 12.7. The van der Waals surface area contributed by atoms with Gasteiger partial charge >= 0.3 is 0 Å². The average molecular weight is 357 g/mol. The molecule has 142 valence electrons. The van der Waals surface area contributed by atoms with E-state index in [9.17, 15) is 0 Å². The van der Waals surface area contributed by atoms with Crippen molar-refractivity contribution < 1.29 is 9.26 Å². The Bertz CT molecular complexity index is 730. The Morgan fingerprint density at radius 3 is 2.73 bits per heavy atom. The standard InChI is InChI=1S/C21H31N3O2/c1-22-13-18-20(25-14-16-3-4-16)8-6-17-19(23-26-21(17)18)7-5-15-9-11-24(2)12-10-15/h6,8,15-16,22H,3-5,7,9-14H2,1-2H3. The number of ether oxygens (including phenoxy) is 1. The van der Waals surface area contributed by atoms with E-state index in [1.54, 1.807) is 0 Å². The molecule has 5 heteroatoms. The molecule has 0 amide bonds. The van der Waals surface area contributed by atoms with E-state index < -0.39 is 0 Å². The molecule has 2 aromatic rings. The van der Waals surface area contributed by atoms with Crippen LogP contribution in [0.15, 0.2) is 16.7 Å². The zero-order chi connectivity index (χ0) is 17.9. The first-order valence-electron chi connectivity index (χ1n) is 10.1. The minimum absolute atomic E-state index is 0.737. The summed E-state index contributed by atoms with van der Waals surface area (Å²) in [7, 11) is 4.18. The monoisotopic (exact) mass is 357 g/mol. The van der Waals surface area contributed by atoms with Crippen LogP contribution in [0.2, 0.25) is 0 Å². The van der Waals surface area contributed by atoms with Gasteiger partial charge in [-0.25, -0.2) is 0 Å². The van der Waals surface area contributed by atoms with Crippen molar-refractivity contribution in [3.63, 3.8) is 0 Å². The fourth-order valence-corrected chi connectivity index (χ4v) is 3.93. The van der Waals surface area contributed by atoms with Crippen LogP contribution in [0.1, 0.15) is 43.4 Å². The molecule has 1 N–H and O–H groups in total. The third kappa shape index (κ3) is 4.04. The maximum Gasteiger partial charge on any atom is 0.175 e. The molecule has 1 saturated heterocycles. The molecule has 0 bridgehead atoms. The quantitative estimate of drug-likeness (QED) is 0.782. The van der Waals surface area contributed by atoms with E-state index >= 15 is 0 Å². The van der Waals surface area contributed by atoms with Gasteiger partial charge in [-0.2, -0.15) is 0 Å². The second kappa shape index (κ2) is 7.97.